The van der Waals surface area contributed by atoms with Crippen LogP contribution in [0.3, 0.4) is 0 Å². The van der Waals surface area contributed by atoms with E-state index in [0.717, 1.165) is 115 Å². The van der Waals surface area contributed by atoms with E-state index >= 15 is 0 Å². The fourth-order valence-corrected chi connectivity index (χ4v) is 13.0. The number of rotatable bonds is 6. The van der Waals surface area contributed by atoms with Crippen LogP contribution >= 0.6 is 128 Å². The van der Waals surface area contributed by atoms with Gasteiger partial charge < -0.3 is 22.5 Å². The van der Waals surface area contributed by atoms with Crippen molar-refractivity contribution >= 4 is 186 Å². The van der Waals surface area contributed by atoms with Crippen molar-refractivity contribution in [3.8, 4) is 0 Å². The molecular weight excluding hydrogens is 1340 g/mol. The normalized spacial score (nSPS) is 10.4. The zero-order valence-electron chi connectivity index (χ0n) is 42.6. The summed E-state index contributed by atoms with van der Waals surface area (Å²) in [5.74, 6) is 0. The molecule has 0 saturated heterocycles. The van der Waals surface area contributed by atoms with Gasteiger partial charge in [-0.25, -0.2) is 15.0 Å². The average molecular weight is 1390 g/mol. The van der Waals surface area contributed by atoms with Gasteiger partial charge >= 0.3 is 0 Å². The third-order valence-corrected chi connectivity index (χ3v) is 18.1. The number of hydrogen-bond donors (Lipinski definition) is 4. The minimum atomic E-state index is -0.418. The maximum atomic E-state index is 10.8. The largest absolute Gasteiger partial charge is 0.449 e. The number of nitro benzene ring substituents is 1. The first kappa shape index (κ1) is 66.8. The molecule has 0 aliphatic heterocycles. The van der Waals surface area contributed by atoms with E-state index in [1.54, 1.807) is 58.7 Å². The Morgan fingerprint density at radius 2 is 1.01 bits per heavy atom. The standard InChI is InChI=1S/C15H10ClN2O2S2.C15H12ClN2S2.C9H8ClNS.C8H9ClN2S.C7H8ClN.2Y/c1-8-3-5-11(16)14-13(8)17-15(22-14)21-12-6-4-10(18(19)20)7-9(12)2;1-8-3-5-11(16)14-13(8)18-15(20-14)19-12-6-4-10(17)7-9(12)2;1-5-3-4-7(10)9-8(5)11-6(2)12-9;1-5-2-3-6(9)4-7(5)11-8(10)12;1-5-2-3-6(8)4-7(5)9;;/h3-5,7H,1-2H3;3-5,7H,17H2,1-2H3;3-4H,1-2H3;2-4H,1H3,(H3,10,11,12);2-4H,9H2,1H3;;/q2*-1;;;;;. The summed E-state index contributed by atoms with van der Waals surface area (Å²) >= 11 is 42.4. The Bertz CT molecular complexity index is 3610. The first-order valence-electron chi connectivity index (χ1n) is 22.3. The van der Waals surface area contributed by atoms with Gasteiger partial charge in [-0.1, -0.05) is 153 Å². The molecule has 0 spiro atoms. The fourth-order valence-electron chi connectivity index (χ4n) is 6.64. The van der Waals surface area contributed by atoms with Crippen molar-refractivity contribution in [2.24, 2.45) is 5.73 Å². The van der Waals surface area contributed by atoms with Gasteiger partial charge in [-0.3, -0.25) is 10.1 Å². The number of non-ortho nitro benzene ring substituents is 1. The second kappa shape index (κ2) is 30.9. The van der Waals surface area contributed by atoms with Gasteiger partial charge in [0.2, 0.25) is 0 Å². The van der Waals surface area contributed by atoms with Gasteiger partial charge in [0.15, 0.2) is 19.5 Å². The molecular formula is C54H47Cl5N8O2S6Y2-2. The SMILES string of the molecule is Cc1cc(N)c[c-]c1Sc1nc2c(C)ccc(Cl)c2s1.Cc1cc([N+](=O)[O-])c[c-]c1Sc1nc2c(C)ccc(Cl)c2s1.Cc1ccc(Cl)cc1N.Cc1ccc(Cl)cc1NC(N)=S.Cc1nc2c(C)ccc(Cl)c2s1.[Y].[Y]. The van der Waals surface area contributed by atoms with Gasteiger partial charge in [0.05, 0.1) is 50.7 Å². The number of anilines is 3. The van der Waals surface area contributed by atoms with Crippen molar-refractivity contribution in [1.82, 2.24) is 15.0 Å². The van der Waals surface area contributed by atoms with Crippen molar-refractivity contribution in [2.75, 3.05) is 16.8 Å². The Labute approximate surface area is 549 Å². The molecule has 0 saturated carbocycles. The number of aryl methyl sites for hydroxylation is 8. The van der Waals surface area contributed by atoms with Crippen LogP contribution in [0.1, 0.15) is 44.0 Å². The Balaban J connectivity index is 0.000000214. The molecule has 3 aromatic heterocycles. The zero-order chi connectivity index (χ0) is 54.8. The van der Waals surface area contributed by atoms with Crippen LogP contribution in [-0.4, -0.2) is 25.0 Å². The zero-order valence-corrected chi connectivity index (χ0v) is 56.9. The minimum Gasteiger partial charge on any atom is -0.449 e. The Morgan fingerprint density at radius 3 is 1.43 bits per heavy atom. The third kappa shape index (κ3) is 18.9. The molecule has 77 heavy (non-hydrogen) atoms. The summed E-state index contributed by atoms with van der Waals surface area (Å²) in [6.07, 6.45) is 0. The average Bonchev–Trinajstić information content (AvgIpc) is 4.11. The Hall–Kier alpha value is -2.74. The van der Waals surface area contributed by atoms with Gasteiger partial charge in [-0.2, -0.15) is 18.2 Å². The van der Waals surface area contributed by atoms with Crippen LogP contribution in [0, 0.1) is 77.6 Å². The number of fused-ring (bicyclic) bond motifs is 3. The van der Waals surface area contributed by atoms with Crippen LogP contribution in [-0.2, 0) is 65.4 Å². The maximum Gasteiger partial charge on any atom is 0.168 e. The smallest absolute Gasteiger partial charge is 0.168 e. The second-order valence-electron chi connectivity index (χ2n) is 16.5. The number of thiazole rings is 3. The molecule has 0 bridgehead atoms. The molecule has 10 rings (SSSR count). The molecule has 23 heteroatoms. The van der Waals surface area contributed by atoms with Crippen molar-refractivity contribution in [1.29, 1.82) is 0 Å². The van der Waals surface area contributed by atoms with Gasteiger partial charge in [-0.05, 0) is 124 Å². The van der Waals surface area contributed by atoms with E-state index in [0.29, 0.717) is 15.1 Å². The first-order valence-corrected chi connectivity index (χ1v) is 28.6. The summed E-state index contributed by atoms with van der Waals surface area (Å²) < 4.78 is 4.93. The molecule has 10 nitrogen and oxygen atoms in total. The number of nitro groups is 1. The summed E-state index contributed by atoms with van der Waals surface area (Å²) in [6.45, 7) is 15.9. The number of nitrogens with zero attached hydrogens (tertiary/aromatic N) is 4. The fraction of sp³-hybridized carbons (Fsp3) is 0.148. The predicted molar refractivity (Wildman–Crippen MR) is 329 cm³/mol. The molecule has 0 aliphatic carbocycles. The molecule has 0 aliphatic rings. The number of halogens is 5. The number of nitrogens with one attached hydrogen (secondary N) is 1. The van der Waals surface area contributed by atoms with E-state index in [4.69, 9.17) is 87.4 Å². The van der Waals surface area contributed by atoms with Crippen molar-refractivity contribution < 1.29 is 70.3 Å². The van der Waals surface area contributed by atoms with E-state index in [9.17, 15) is 10.1 Å². The van der Waals surface area contributed by atoms with Crippen LogP contribution in [0.15, 0.2) is 116 Å². The van der Waals surface area contributed by atoms with Gasteiger partial charge in [0, 0.05) is 91.8 Å². The maximum absolute atomic E-state index is 10.8. The summed E-state index contributed by atoms with van der Waals surface area (Å²) in [5.41, 5.74) is 29.4. The Morgan fingerprint density at radius 1 is 0.584 bits per heavy atom. The first-order chi connectivity index (χ1) is 35.5. The van der Waals surface area contributed by atoms with Crippen LogP contribution in [0.2, 0.25) is 25.1 Å². The van der Waals surface area contributed by atoms with Crippen molar-refractivity contribution in [3.05, 3.63) is 188 Å². The number of nitrogens with two attached hydrogens (primary N) is 3. The van der Waals surface area contributed by atoms with Crippen molar-refractivity contribution in [3.63, 3.8) is 0 Å². The number of benzene rings is 7. The monoisotopic (exact) mass is 1380 g/mol. The van der Waals surface area contributed by atoms with Gasteiger partial charge in [-0.15, -0.1) is 51.2 Å². The molecule has 0 fully saturated rings. The number of thiocarbonyl (C=S) groups is 1. The topological polar surface area (TPSA) is 172 Å². The van der Waals surface area contributed by atoms with Crippen LogP contribution in [0.25, 0.3) is 30.6 Å². The third-order valence-electron chi connectivity index (χ3n) is 10.6. The van der Waals surface area contributed by atoms with Crippen LogP contribution in [0.5, 0.6) is 0 Å². The van der Waals surface area contributed by atoms with E-state index in [2.05, 4.69) is 39.3 Å². The molecule has 7 N–H and O–H groups in total. The van der Waals surface area contributed by atoms with E-state index < -0.39 is 4.92 Å². The summed E-state index contributed by atoms with van der Waals surface area (Å²) in [7, 11) is 0. The molecule has 2 radical (unpaired) electrons. The van der Waals surface area contributed by atoms with E-state index in [-0.39, 0.29) is 76.2 Å². The second-order valence-corrected chi connectivity index (χ2v) is 24.8. The number of hydrogen-bond acceptors (Lipinski definition) is 13. The molecule has 0 atom stereocenters. The summed E-state index contributed by atoms with van der Waals surface area (Å²) in [4.78, 5) is 25.9. The Kier molecular flexibility index (Phi) is 26.8. The van der Waals surface area contributed by atoms with Gasteiger partial charge in [0.25, 0.3) is 0 Å². The molecule has 394 valence electrons. The number of aromatic nitrogens is 3. The molecule has 10 aromatic rings. The minimum absolute atomic E-state index is 0. The molecule has 0 unspecified atom stereocenters. The van der Waals surface area contributed by atoms with Gasteiger partial charge in [0.1, 0.15) is 0 Å². The van der Waals surface area contributed by atoms with Crippen LogP contribution in [0.4, 0.5) is 22.7 Å². The molecule has 0 amide bonds. The quantitative estimate of drug-likeness (QED) is 0.0409. The summed E-state index contributed by atoms with van der Waals surface area (Å²) in [5, 5.41) is 18.5. The van der Waals surface area contributed by atoms with Crippen LogP contribution < -0.4 is 22.5 Å². The molecule has 3 heterocycles. The van der Waals surface area contributed by atoms with E-state index in [1.807, 2.05) is 115 Å². The predicted octanol–water partition coefficient (Wildman–Crippen LogP) is 18.6. The van der Waals surface area contributed by atoms with E-state index in [1.165, 1.54) is 34.7 Å². The molecule has 7 aromatic carbocycles. The number of nitrogen functional groups attached to an aromatic ring is 2. The van der Waals surface area contributed by atoms with Crippen molar-refractivity contribution in [2.45, 2.75) is 73.9 Å². The summed E-state index contributed by atoms with van der Waals surface area (Å²) in [6, 6.07) is 35.5.